The number of nitrogens with one attached hydrogen (secondary N) is 1. The second-order valence-corrected chi connectivity index (χ2v) is 8.50. The fourth-order valence-electron chi connectivity index (χ4n) is 1.35. The summed E-state index contributed by atoms with van der Waals surface area (Å²) in [7, 11) is -3.71. The van der Waals surface area contributed by atoms with Crippen LogP contribution in [0.25, 0.3) is 0 Å². The Morgan fingerprint density at radius 2 is 2.05 bits per heavy atom. The Kier molecular flexibility index (Phi) is 4.10. The molecule has 2 rings (SSSR count). The molecule has 1 aromatic heterocycles. The summed E-state index contributed by atoms with van der Waals surface area (Å²) in [5, 5.41) is 9.97. The molecule has 0 atom stereocenters. The van der Waals surface area contributed by atoms with Crippen LogP contribution in [-0.2, 0) is 10.0 Å². The molecule has 0 spiro atoms. The zero-order valence-electron chi connectivity index (χ0n) is 9.65. The number of rotatable bonds is 3. The summed E-state index contributed by atoms with van der Waals surface area (Å²) in [6.07, 6.45) is 0. The van der Waals surface area contributed by atoms with Crippen LogP contribution in [0.3, 0.4) is 0 Å². The summed E-state index contributed by atoms with van der Waals surface area (Å²) in [5.41, 5.74) is 0.928. The molecule has 19 heavy (non-hydrogen) atoms. The first-order chi connectivity index (χ1) is 8.79. The SMILES string of the molecule is Cc1cc(S(=O)(=O)Nc2ccc(Cl)cc2O)sc1Br. The van der Waals surface area contributed by atoms with Crippen molar-refractivity contribution >= 4 is 54.6 Å². The standard InChI is InChI=1S/C11H9BrClNO3S2/c1-6-4-10(18-11(6)12)19(16,17)14-8-3-2-7(13)5-9(8)15/h2-5,14-15H,1H3. The molecular weight excluding hydrogens is 374 g/mol. The van der Waals surface area contributed by atoms with Crippen molar-refractivity contribution in [2.24, 2.45) is 0 Å². The summed E-state index contributed by atoms with van der Waals surface area (Å²) in [6, 6.07) is 5.73. The maximum absolute atomic E-state index is 12.1. The average Bonchev–Trinajstić information content (AvgIpc) is 2.64. The second kappa shape index (κ2) is 5.32. The molecule has 0 fully saturated rings. The predicted octanol–water partition coefficient (Wildman–Crippen LogP) is 3.98. The molecule has 0 saturated heterocycles. The normalized spacial score (nSPS) is 11.5. The van der Waals surface area contributed by atoms with Crippen molar-refractivity contribution in [3.05, 3.63) is 38.6 Å². The van der Waals surface area contributed by atoms with Crippen LogP contribution in [0.4, 0.5) is 5.69 Å². The largest absolute Gasteiger partial charge is 0.506 e. The van der Waals surface area contributed by atoms with Gasteiger partial charge in [0.2, 0.25) is 0 Å². The molecule has 0 radical (unpaired) electrons. The lowest BCUT2D eigenvalue weighted by atomic mass is 10.3. The summed E-state index contributed by atoms with van der Waals surface area (Å²) < 4.78 is 27.5. The quantitative estimate of drug-likeness (QED) is 0.789. The van der Waals surface area contributed by atoms with Crippen LogP contribution in [0, 0.1) is 6.92 Å². The number of sulfonamides is 1. The molecule has 1 aromatic carbocycles. The van der Waals surface area contributed by atoms with Gasteiger partial charge in [0.1, 0.15) is 9.96 Å². The van der Waals surface area contributed by atoms with Crippen molar-refractivity contribution in [1.29, 1.82) is 0 Å². The lowest BCUT2D eigenvalue weighted by Gasteiger charge is -2.08. The van der Waals surface area contributed by atoms with Gasteiger partial charge in [0.05, 0.1) is 9.47 Å². The second-order valence-electron chi connectivity index (χ2n) is 3.79. The molecule has 4 nitrogen and oxygen atoms in total. The summed E-state index contributed by atoms with van der Waals surface area (Å²) in [5.74, 6) is -0.219. The Morgan fingerprint density at radius 3 is 2.58 bits per heavy atom. The first kappa shape index (κ1) is 14.6. The first-order valence-corrected chi connectivity index (χ1v) is 8.54. The molecule has 8 heteroatoms. The van der Waals surface area contributed by atoms with E-state index in [0.29, 0.717) is 5.02 Å². The summed E-state index contributed by atoms with van der Waals surface area (Å²) in [6.45, 7) is 1.80. The monoisotopic (exact) mass is 381 g/mol. The molecule has 0 amide bonds. The van der Waals surface area contributed by atoms with Crippen molar-refractivity contribution in [3.63, 3.8) is 0 Å². The molecule has 0 aliphatic heterocycles. The highest BCUT2D eigenvalue weighted by Crippen LogP contribution is 2.33. The topological polar surface area (TPSA) is 66.4 Å². The van der Waals surface area contributed by atoms with E-state index in [1.54, 1.807) is 13.0 Å². The van der Waals surface area contributed by atoms with Gasteiger partial charge in [-0.25, -0.2) is 8.42 Å². The van der Waals surface area contributed by atoms with E-state index in [1.165, 1.54) is 18.2 Å². The molecule has 2 aromatic rings. The van der Waals surface area contributed by atoms with E-state index in [2.05, 4.69) is 20.7 Å². The van der Waals surface area contributed by atoms with Crippen molar-refractivity contribution in [2.45, 2.75) is 11.1 Å². The summed E-state index contributed by atoms with van der Waals surface area (Å²) >= 11 is 10.1. The average molecular weight is 383 g/mol. The zero-order chi connectivity index (χ0) is 14.2. The van der Waals surface area contributed by atoms with Gasteiger partial charge in [-0.15, -0.1) is 11.3 Å². The maximum Gasteiger partial charge on any atom is 0.271 e. The first-order valence-electron chi connectivity index (χ1n) is 5.07. The van der Waals surface area contributed by atoms with Crippen molar-refractivity contribution in [1.82, 2.24) is 0 Å². The fraction of sp³-hybridized carbons (Fsp3) is 0.0909. The molecule has 0 aliphatic rings. The van der Waals surface area contributed by atoms with E-state index < -0.39 is 10.0 Å². The van der Waals surface area contributed by atoms with Gasteiger partial charge >= 0.3 is 0 Å². The molecule has 102 valence electrons. The fourth-order valence-corrected chi connectivity index (χ4v) is 4.82. The molecule has 0 aliphatic carbocycles. The number of thiophene rings is 1. The van der Waals surface area contributed by atoms with Gasteiger partial charge in [-0.2, -0.15) is 0 Å². The molecule has 0 unspecified atom stereocenters. The Balaban J connectivity index is 2.36. The van der Waals surface area contributed by atoms with E-state index in [-0.39, 0.29) is 15.6 Å². The number of anilines is 1. The molecule has 0 bridgehead atoms. The van der Waals surface area contributed by atoms with Crippen molar-refractivity contribution in [2.75, 3.05) is 4.72 Å². The Hall–Kier alpha value is -0.760. The van der Waals surface area contributed by atoms with Gasteiger partial charge in [-0.05, 0) is 46.6 Å². The van der Waals surface area contributed by atoms with Crippen LogP contribution in [0.1, 0.15) is 5.56 Å². The highest BCUT2D eigenvalue weighted by molar-refractivity contribution is 9.11. The van der Waals surface area contributed by atoms with Crippen molar-refractivity contribution < 1.29 is 13.5 Å². The third kappa shape index (κ3) is 3.22. The Bertz CT molecular complexity index is 708. The minimum absolute atomic E-state index is 0.0894. The number of phenolic OH excluding ortho intramolecular Hbond substituents is 1. The van der Waals surface area contributed by atoms with Gasteiger partial charge in [-0.3, -0.25) is 4.72 Å². The van der Waals surface area contributed by atoms with Gasteiger partial charge in [0.15, 0.2) is 0 Å². The minimum Gasteiger partial charge on any atom is -0.506 e. The van der Waals surface area contributed by atoms with Crippen LogP contribution in [-0.4, -0.2) is 13.5 Å². The van der Waals surface area contributed by atoms with Gasteiger partial charge in [0, 0.05) is 11.1 Å². The van der Waals surface area contributed by atoms with E-state index in [0.717, 1.165) is 20.7 Å². The van der Waals surface area contributed by atoms with Crippen molar-refractivity contribution in [3.8, 4) is 5.75 Å². The van der Waals surface area contributed by atoms with Crippen LogP contribution in [0.2, 0.25) is 5.02 Å². The number of benzene rings is 1. The van der Waals surface area contributed by atoms with E-state index in [4.69, 9.17) is 11.6 Å². The molecule has 1 heterocycles. The lowest BCUT2D eigenvalue weighted by molar-refractivity contribution is 0.477. The van der Waals surface area contributed by atoms with E-state index in [1.807, 2.05) is 0 Å². The zero-order valence-corrected chi connectivity index (χ0v) is 13.6. The highest BCUT2D eigenvalue weighted by Gasteiger charge is 2.19. The molecule has 0 saturated carbocycles. The predicted molar refractivity (Wildman–Crippen MR) is 80.7 cm³/mol. The lowest BCUT2D eigenvalue weighted by Crippen LogP contribution is -2.11. The minimum atomic E-state index is -3.71. The number of hydrogen-bond acceptors (Lipinski definition) is 4. The number of halogens is 2. The van der Waals surface area contributed by atoms with Gasteiger partial charge in [-0.1, -0.05) is 11.6 Å². The van der Waals surface area contributed by atoms with E-state index >= 15 is 0 Å². The Labute approximate surface area is 128 Å². The van der Waals surface area contributed by atoms with Crippen LogP contribution >= 0.6 is 38.9 Å². The smallest absolute Gasteiger partial charge is 0.271 e. The maximum atomic E-state index is 12.1. The molecular formula is C11H9BrClNO3S2. The summed E-state index contributed by atoms with van der Waals surface area (Å²) in [4.78, 5) is 0. The third-order valence-electron chi connectivity index (χ3n) is 2.30. The molecule has 2 N–H and O–H groups in total. The number of aromatic hydroxyl groups is 1. The highest BCUT2D eigenvalue weighted by atomic mass is 79.9. The van der Waals surface area contributed by atoms with Gasteiger partial charge in [0.25, 0.3) is 10.0 Å². The third-order valence-corrected chi connectivity index (χ3v) is 6.51. The number of hydrogen-bond donors (Lipinski definition) is 2. The van der Waals surface area contributed by atoms with Crippen LogP contribution in [0.15, 0.2) is 32.3 Å². The van der Waals surface area contributed by atoms with Crippen LogP contribution in [0.5, 0.6) is 5.75 Å². The van der Waals surface area contributed by atoms with Gasteiger partial charge < -0.3 is 5.11 Å². The number of phenols is 1. The Morgan fingerprint density at radius 1 is 1.37 bits per heavy atom. The number of aryl methyl sites for hydroxylation is 1. The van der Waals surface area contributed by atoms with E-state index in [9.17, 15) is 13.5 Å². The van der Waals surface area contributed by atoms with Crippen LogP contribution < -0.4 is 4.72 Å².